The fraction of sp³-hybridized carbons (Fsp3) is 0.870. The Morgan fingerprint density at radius 2 is 1.63 bits per heavy atom. The van der Waals surface area contributed by atoms with E-state index in [2.05, 4.69) is 19.2 Å². The fourth-order valence-corrected chi connectivity index (χ4v) is 7.35. The molecule has 0 aromatic carbocycles. The third-order valence-electron chi connectivity index (χ3n) is 7.04. The maximum Gasteiger partial charge on any atom is 0.307 e. The minimum Gasteiger partial charge on any atom is -0.481 e. The van der Waals surface area contributed by atoms with Gasteiger partial charge in [0.15, 0.2) is 6.10 Å². The molecule has 4 fully saturated rings. The molecule has 0 spiro atoms. The highest BCUT2D eigenvalue weighted by molar-refractivity contribution is 5.82. The van der Waals surface area contributed by atoms with Gasteiger partial charge in [0, 0.05) is 12.0 Å². The van der Waals surface area contributed by atoms with Crippen LogP contribution in [-0.4, -0.2) is 66.8 Å². The SMILES string of the molecule is CC12CC3CC(C)(C1)CC(NC(=O)CCC(=O)O[C@H](CC(=O)O)C[N+](C)(C)C)(C3)C2. The highest BCUT2D eigenvalue weighted by Gasteiger charge is 2.60. The van der Waals surface area contributed by atoms with E-state index in [0.29, 0.717) is 27.8 Å². The quantitative estimate of drug-likeness (QED) is 0.439. The molecule has 1 amide bonds. The van der Waals surface area contributed by atoms with Gasteiger partial charge in [-0.15, -0.1) is 0 Å². The molecule has 170 valence electrons. The van der Waals surface area contributed by atoms with Crippen molar-refractivity contribution in [3.05, 3.63) is 0 Å². The Hall–Kier alpha value is -1.63. The number of amides is 1. The van der Waals surface area contributed by atoms with Gasteiger partial charge in [-0.05, 0) is 55.3 Å². The van der Waals surface area contributed by atoms with Crippen molar-refractivity contribution < 1.29 is 28.7 Å². The number of carboxylic acids is 1. The Balaban J connectivity index is 1.52. The van der Waals surface area contributed by atoms with E-state index in [1.54, 1.807) is 0 Å². The molecule has 4 bridgehead atoms. The number of quaternary nitrogens is 1. The number of carbonyl (C=O) groups excluding carboxylic acids is 2. The zero-order chi connectivity index (χ0) is 22.4. The van der Waals surface area contributed by atoms with Gasteiger partial charge in [0.1, 0.15) is 6.54 Å². The number of carbonyl (C=O) groups is 3. The summed E-state index contributed by atoms with van der Waals surface area (Å²) in [4.78, 5) is 36.1. The van der Waals surface area contributed by atoms with E-state index >= 15 is 0 Å². The van der Waals surface area contributed by atoms with Gasteiger partial charge in [0.05, 0.1) is 34.0 Å². The summed E-state index contributed by atoms with van der Waals surface area (Å²) in [5.74, 6) is -0.909. The van der Waals surface area contributed by atoms with E-state index in [9.17, 15) is 14.4 Å². The first kappa shape index (κ1) is 23.0. The van der Waals surface area contributed by atoms with Crippen molar-refractivity contribution in [2.45, 2.75) is 83.3 Å². The van der Waals surface area contributed by atoms with Crippen LogP contribution in [0.15, 0.2) is 0 Å². The molecule has 0 saturated heterocycles. The first-order valence-electron chi connectivity index (χ1n) is 11.2. The second kappa shape index (κ2) is 7.81. The van der Waals surface area contributed by atoms with Crippen molar-refractivity contribution in [2.24, 2.45) is 16.7 Å². The zero-order valence-corrected chi connectivity index (χ0v) is 19.3. The van der Waals surface area contributed by atoms with Crippen molar-refractivity contribution in [3.8, 4) is 0 Å². The molecule has 0 radical (unpaired) electrons. The lowest BCUT2D eigenvalue weighted by molar-refractivity contribution is -0.873. The highest BCUT2D eigenvalue weighted by Crippen LogP contribution is 2.66. The molecule has 2 N–H and O–H groups in total. The van der Waals surface area contributed by atoms with E-state index < -0.39 is 18.0 Å². The van der Waals surface area contributed by atoms with Gasteiger partial charge in [-0.2, -0.15) is 0 Å². The Bertz CT molecular complexity index is 695. The Morgan fingerprint density at radius 3 is 2.13 bits per heavy atom. The van der Waals surface area contributed by atoms with Crippen LogP contribution in [0.3, 0.4) is 0 Å². The number of carboxylic acid groups (broad SMARTS) is 1. The fourth-order valence-electron chi connectivity index (χ4n) is 7.35. The van der Waals surface area contributed by atoms with Gasteiger partial charge in [0.2, 0.25) is 5.91 Å². The number of hydrogen-bond acceptors (Lipinski definition) is 4. The number of nitrogens with zero attached hydrogens (tertiary/aromatic N) is 1. The number of hydrogen-bond donors (Lipinski definition) is 2. The second-order valence-electron chi connectivity index (χ2n) is 12.1. The predicted molar refractivity (Wildman–Crippen MR) is 113 cm³/mol. The molecule has 3 atom stereocenters. The van der Waals surface area contributed by atoms with Crippen LogP contribution >= 0.6 is 0 Å². The topological polar surface area (TPSA) is 92.7 Å². The van der Waals surface area contributed by atoms with Gasteiger partial charge >= 0.3 is 11.9 Å². The predicted octanol–water partition coefficient (Wildman–Crippen LogP) is 2.72. The van der Waals surface area contributed by atoms with E-state index in [-0.39, 0.29) is 30.7 Å². The van der Waals surface area contributed by atoms with E-state index in [1.807, 2.05) is 21.1 Å². The van der Waals surface area contributed by atoms with E-state index in [0.717, 1.165) is 19.3 Å². The Morgan fingerprint density at radius 1 is 1.03 bits per heavy atom. The number of nitrogens with one attached hydrogen (secondary N) is 1. The van der Waals surface area contributed by atoms with E-state index in [1.165, 1.54) is 19.3 Å². The lowest BCUT2D eigenvalue weighted by Gasteiger charge is -2.65. The minimum absolute atomic E-state index is 0.0207. The van der Waals surface area contributed by atoms with Gasteiger partial charge < -0.3 is 19.6 Å². The maximum absolute atomic E-state index is 12.7. The summed E-state index contributed by atoms with van der Waals surface area (Å²) in [7, 11) is 5.76. The number of rotatable bonds is 9. The molecule has 2 unspecified atom stereocenters. The molecule has 30 heavy (non-hydrogen) atoms. The lowest BCUT2D eigenvalue weighted by atomic mass is 9.43. The molecule has 0 heterocycles. The summed E-state index contributed by atoms with van der Waals surface area (Å²) in [5.41, 5.74) is 0.505. The molecule has 7 heteroatoms. The molecule has 0 aromatic heterocycles. The zero-order valence-electron chi connectivity index (χ0n) is 19.3. The van der Waals surface area contributed by atoms with Crippen molar-refractivity contribution in [1.82, 2.24) is 5.32 Å². The summed E-state index contributed by atoms with van der Waals surface area (Å²) in [6.07, 6.45) is 6.05. The van der Waals surface area contributed by atoms with Crippen LogP contribution in [0.2, 0.25) is 0 Å². The summed E-state index contributed by atoms with van der Waals surface area (Å²) >= 11 is 0. The highest BCUT2D eigenvalue weighted by atomic mass is 16.5. The third kappa shape index (κ3) is 5.74. The smallest absolute Gasteiger partial charge is 0.307 e. The van der Waals surface area contributed by atoms with Crippen LogP contribution in [0.4, 0.5) is 0 Å². The van der Waals surface area contributed by atoms with Crippen molar-refractivity contribution in [1.29, 1.82) is 0 Å². The maximum atomic E-state index is 12.7. The van der Waals surface area contributed by atoms with Crippen LogP contribution in [0.25, 0.3) is 0 Å². The third-order valence-corrected chi connectivity index (χ3v) is 7.04. The molecule has 0 aromatic rings. The number of esters is 1. The van der Waals surface area contributed by atoms with Gasteiger partial charge in [0.25, 0.3) is 0 Å². The number of ether oxygens (including phenoxy) is 1. The molecule has 0 aliphatic heterocycles. The monoisotopic (exact) mass is 423 g/mol. The summed E-state index contributed by atoms with van der Waals surface area (Å²) in [6, 6.07) is 0. The summed E-state index contributed by atoms with van der Waals surface area (Å²) < 4.78 is 5.89. The second-order valence-corrected chi connectivity index (χ2v) is 12.1. The van der Waals surface area contributed by atoms with Crippen LogP contribution in [0, 0.1) is 16.7 Å². The molecular formula is C23H39N2O5+. The average molecular weight is 424 g/mol. The Kier molecular flexibility index (Phi) is 6.00. The number of likely N-dealkylation sites (N-methyl/N-ethyl adjacent to an activating group) is 1. The Labute approximate surface area is 180 Å². The van der Waals surface area contributed by atoms with Crippen LogP contribution in [-0.2, 0) is 19.1 Å². The van der Waals surface area contributed by atoms with Gasteiger partial charge in [-0.25, -0.2) is 0 Å². The number of aliphatic carboxylic acids is 1. The van der Waals surface area contributed by atoms with Crippen LogP contribution in [0.5, 0.6) is 0 Å². The minimum atomic E-state index is -0.997. The first-order chi connectivity index (χ1) is 13.7. The van der Waals surface area contributed by atoms with E-state index in [4.69, 9.17) is 9.84 Å². The molecular weight excluding hydrogens is 384 g/mol. The van der Waals surface area contributed by atoms with Gasteiger partial charge in [-0.1, -0.05) is 13.8 Å². The van der Waals surface area contributed by atoms with Crippen molar-refractivity contribution in [3.63, 3.8) is 0 Å². The first-order valence-corrected chi connectivity index (χ1v) is 11.2. The molecule has 4 saturated carbocycles. The molecule has 4 aliphatic carbocycles. The molecule has 4 aliphatic rings. The van der Waals surface area contributed by atoms with Crippen molar-refractivity contribution in [2.75, 3.05) is 27.7 Å². The van der Waals surface area contributed by atoms with Crippen molar-refractivity contribution >= 4 is 17.8 Å². The van der Waals surface area contributed by atoms with Crippen LogP contribution in [0.1, 0.15) is 71.6 Å². The van der Waals surface area contributed by atoms with Gasteiger partial charge in [-0.3, -0.25) is 14.4 Å². The summed E-state index contributed by atoms with van der Waals surface area (Å²) in [5, 5.41) is 12.4. The molecule has 7 nitrogen and oxygen atoms in total. The standard InChI is InChI=1S/C23H38N2O5/c1-21-9-16-10-22(2,13-21)15-23(11-16,14-21)24-18(26)6-7-20(29)30-17(8-19(27)28)12-25(3,4)5/h16-17H,6-15H2,1-5H3,(H-,24,26,27,28)/p+1/t16?,17-,21?,22?,23?/m1/s1. The van der Waals surface area contributed by atoms with Crippen LogP contribution < -0.4 is 5.32 Å². The lowest BCUT2D eigenvalue weighted by Crippen LogP contribution is -2.65. The summed E-state index contributed by atoms with van der Waals surface area (Å²) in [6.45, 7) is 5.14. The molecule has 4 rings (SSSR count). The average Bonchev–Trinajstić information content (AvgIpc) is 2.46. The normalized spacial score (nSPS) is 35.7. The largest absolute Gasteiger partial charge is 0.481 e.